The van der Waals surface area contributed by atoms with Crippen molar-refractivity contribution in [1.29, 1.82) is 0 Å². The van der Waals surface area contributed by atoms with Crippen LogP contribution in [0.3, 0.4) is 0 Å². The number of carbonyl (C=O) groups is 4. The molecular weight excluding hydrogens is 390 g/mol. The van der Waals surface area contributed by atoms with Gasteiger partial charge in [0, 0.05) is 18.5 Å². The number of nitrogens with zero attached hydrogens (tertiary/aromatic N) is 2. The second kappa shape index (κ2) is 9.46. The van der Waals surface area contributed by atoms with Gasteiger partial charge < -0.3 is 14.8 Å². The van der Waals surface area contributed by atoms with Gasteiger partial charge >= 0.3 is 11.9 Å². The van der Waals surface area contributed by atoms with Crippen LogP contribution < -0.4 is 10.3 Å². The molecule has 3 rings (SSSR count). The minimum absolute atomic E-state index is 0.0636. The molecule has 2 aromatic carbocycles. The number of nitrogens with one attached hydrogen (secondary N) is 1. The lowest BCUT2D eigenvalue weighted by atomic mass is 10.1. The third-order valence-corrected chi connectivity index (χ3v) is 4.19. The fourth-order valence-electron chi connectivity index (χ4n) is 2.69. The summed E-state index contributed by atoms with van der Waals surface area (Å²) in [6.45, 7) is -0.518. The first-order chi connectivity index (χ1) is 14.5. The van der Waals surface area contributed by atoms with E-state index >= 15 is 0 Å². The van der Waals surface area contributed by atoms with Gasteiger partial charge in [0.1, 0.15) is 5.71 Å². The van der Waals surface area contributed by atoms with Gasteiger partial charge in [-0.05, 0) is 36.4 Å². The van der Waals surface area contributed by atoms with Crippen LogP contribution in [0.4, 0.5) is 11.4 Å². The molecule has 9 nitrogen and oxygen atoms in total. The zero-order valence-corrected chi connectivity index (χ0v) is 16.2. The Balaban J connectivity index is 1.56. The number of hydrogen-bond acceptors (Lipinski definition) is 7. The SMILES string of the molecule is COC(=O)c1ccc(NC(=O)COC(=O)C2=NN(c3ccccc3)C(=O)CC2)cc1. The molecule has 0 bridgehead atoms. The van der Waals surface area contributed by atoms with Crippen LogP contribution in [0, 0.1) is 0 Å². The number of anilines is 2. The maximum atomic E-state index is 12.3. The molecule has 1 N–H and O–H groups in total. The molecule has 1 aliphatic rings. The minimum atomic E-state index is -0.764. The van der Waals surface area contributed by atoms with Crippen molar-refractivity contribution >= 4 is 40.8 Å². The average molecular weight is 409 g/mol. The molecule has 0 aromatic heterocycles. The summed E-state index contributed by atoms with van der Waals surface area (Å²) in [5.41, 5.74) is 1.38. The number of para-hydroxylation sites is 1. The van der Waals surface area contributed by atoms with Crippen molar-refractivity contribution in [1.82, 2.24) is 0 Å². The van der Waals surface area contributed by atoms with Crippen LogP contribution in [0.25, 0.3) is 0 Å². The highest BCUT2D eigenvalue weighted by Crippen LogP contribution is 2.20. The van der Waals surface area contributed by atoms with Crippen molar-refractivity contribution in [2.75, 3.05) is 24.0 Å². The largest absolute Gasteiger partial charge is 0.465 e. The third-order valence-electron chi connectivity index (χ3n) is 4.19. The predicted molar refractivity (Wildman–Crippen MR) is 108 cm³/mol. The molecular formula is C21H19N3O6. The van der Waals surface area contributed by atoms with Crippen LogP contribution in [0.2, 0.25) is 0 Å². The summed E-state index contributed by atoms with van der Waals surface area (Å²) >= 11 is 0. The van der Waals surface area contributed by atoms with Gasteiger partial charge in [-0.2, -0.15) is 5.10 Å². The number of carbonyl (C=O) groups excluding carboxylic acids is 4. The second-order valence-corrected chi connectivity index (χ2v) is 6.28. The van der Waals surface area contributed by atoms with E-state index in [0.717, 1.165) is 5.01 Å². The van der Waals surface area contributed by atoms with Gasteiger partial charge in [0.15, 0.2) is 6.61 Å². The smallest absolute Gasteiger partial charge is 0.355 e. The Morgan fingerprint density at radius 2 is 1.70 bits per heavy atom. The molecule has 0 aliphatic carbocycles. The van der Waals surface area contributed by atoms with Crippen LogP contribution in [-0.4, -0.2) is 43.2 Å². The van der Waals surface area contributed by atoms with Gasteiger partial charge in [-0.3, -0.25) is 9.59 Å². The topological polar surface area (TPSA) is 114 Å². The number of benzene rings is 2. The van der Waals surface area contributed by atoms with Crippen molar-refractivity contribution in [2.24, 2.45) is 5.10 Å². The normalized spacial score (nSPS) is 13.3. The molecule has 0 saturated heterocycles. The number of amides is 2. The zero-order valence-electron chi connectivity index (χ0n) is 16.2. The van der Waals surface area contributed by atoms with Gasteiger partial charge in [-0.25, -0.2) is 14.6 Å². The molecule has 0 spiro atoms. The summed E-state index contributed by atoms with van der Waals surface area (Å²) in [5, 5.41) is 7.79. The van der Waals surface area contributed by atoms with Crippen molar-refractivity contribution in [3.8, 4) is 0 Å². The summed E-state index contributed by atoms with van der Waals surface area (Å²) < 4.78 is 9.62. The molecule has 30 heavy (non-hydrogen) atoms. The summed E-state index contributed by atoms with van der Waals surface area (Å²) in [6, 6.07) is 14.8. The predicted octanol–water partition coefficient (Wildman–Crippen LogP) is 2.14. The van der Waals surface area contributed by atoms with Crippen LogP contribution >= 0.6 is 0 Å². The highest BCUT2D eigenvalue weighted by atomic mass is 16.5. The molecule has 2 amide bonds. The van der Waals surface area contributed by atoms with Crippen molar-refractivity contribution in [3.63, 3.8) is 0 Å². The van der Waals surface area contributed by atoms with E-state index in [4.69, 9.17) is 4.74 Å². The molecule has 0 saturated carbocycles. The van der Waals surface area contributed by atoms with Crippen LogP contribution in [0.1, 0.15) is 23.2 Å². The monoisotopic (exact) mass is 409 g/mol. The molecule has 0 atom stereocenters. The van der Waals surface area contributed by atoms with Crippen molar-refractivity contribution < 1.29 is 28.7 Å². The Morgan fingerprint density at radius 1 is 1.00 bits per heavy atom. The quantitative estimate of drug-likeness (QED) is 0.731. The van der Waals surface area contributed by atoms with E-state index in [9.17, 15) is 19.2 Å². The molecule has 9 heteroatoms. The molecule has 1 aliphatic heterocycles. The van der Waals surface area contributed by atoms with E-state index in [0.29, 0.717) is 16.9 Å². The number of rotatable bonds is 6. The van der Waals surface area contributed by atoms with Crippen LogP contribution in [0.5, 0.6) is 0 Å². The van der Waals surface area contributed by atoms with Gasteiger partial charge in [0.05, 0.1) is 18.4 Å². The first kappa shape index (κ1) is 20.7. The molecule has 1 heterocycles. The van der Waals surface area contributed by atoms with Gasteiger partial charge in [-0.15, -0.1) is 0 Å². The fourth-order valence-corrected chi connectivity index (χ4v) is 2.69. The van der Waals surface area contributed by atoms with E-state index in [-0.39, 0.29) is 24.5 Å². The number of hydrazone groups is 1. The Hall–Kier alpha value is -4.01. The maximum absolute atomic E-state index is 12.3. The standard InChI is InChI=1S/C21H19N3O6/c1-29-20(27)14-7-9-15(10-8-14)22-18(25)13-30-21(28)17-11-12-19(26)24(23-17)16-5-3-2-4-6-16/h2-10H,11-13H2,1H3,(H,22,25). The lowest BCUT2D eigenvalue weighted by Crippen LogP contribution is -2.35. The van der Waals surface area contributed by atoms with Crippen LogP contribution in [-0.2, 0) is 23.9 Å². The van der Waals surface area contributed by atoms with Gasteiger partial charge in [0.2, 0.25) is 5.91 Å². The molecule has 0 fully saturated rings. The Morgan fingerprint density at radius 3 is 2.37 bits per heavy atom. The number of hydrogen-bond donors (Lipinski definition) is 1. The van der Waals surface area contributed by atoms with E-state index in [1.165, 1.54) is 31.4 Å². The number of esters is 2. The van der Waals surface area contributed by atoms with E-state index in [1.807, 2.05) is 0 Å². The second-order valence-electron chi connectivity index (χ2n) is 6.28. The summed E-state index contributed by atoms with van der Waals surface area (Å²) in [7, 11) is 1.28. The highest BCUT2D eigenvalue weighted by Gasteiger charge is 2.26. The lowest BCUT2D eigenvalue weighted by molar-refractivity contribution is -0.140. The summed E-state index contributed by atoms with van der Waals surface area (Å²) in [6.07, 6.45) is 0.249. The van der Waals surface area contributed by atoms with E-state index in [2.05, 4.69) is 15.2 Å². The minimum Gasteiger partial charge on any atom is -0.465 e. The Kier molecular flexibility index (Phi) is 6.53. The van der Waals surface area contributed by atoms with Crippen LogP contribution in [0.15, 0.2) is 59.7 Å². The van der Waals surface area contributed by atoms with Crippen molar-refractivity contribution in [2.45, 2.75) is 12.8 Å². The van der Waals surface area contributed by atoms with Crippen molar-refractivity contribution in [3.05, 3.63) is 60.2 Å². The maximum Gasteiger partial charge on any atom is 0.355 e. The summed E-state index contributed by atoms with van der Waals surface area (Å²) in [5.74, 6) is -2.04. The lowest BCUT2D eigenvalue weighted by Gasteiger charge is -2.22. The van der Waals surface area contributed by atoms with Gasteiger partial charge in [-0.1, -0.05) is 18.2 Å². The first-order valence-corrected chi connectivity index (χ1v) is 9.09. The number of methoxy groups -OCH3 is 1. The molecule has 154 valence electrons. The average Bonchev–Trinajstić information content (AvgIpc) is 2.78. The fraction of sp³-hybridized carbons (Fsp3) is 0.190. The molecule has 0 unspecified atom stereocenters. The summed E-state index contributed by atoms with van der Waals surface area (Å²) in [4.78, 5) is 47.8. The van der Waals surface area contributed by atoms with E-state index in [1.54, 1.807) is 30.3 Å². The molecule has 0 radical (unpaired) electrons. The third kappa shape index (κ3) is 5.07. The first-order valence-electron chi connectivity index (χ1n) is 9.09. The Labute approximate surface area is 172 Å². The molecule has 2 aromatic rings. The highest BCUT2D eigenvalue weighted by molar-refractivity contribution is 6.38. The number of ether oxygens (including phenoxy) is 2. The zero-order chi connectivity index (χ0) is 21.5. The van der Waals surface area contributed by atoms with Gasteiger partial charge in [0.25, 0.3) is 5.91 Å². The van der Waals surface area contributed by atoms with E-state index < -0.39 is 24.5 Å². The Bertz CT molecular complexity index is 986.